The Morgan fingerprint density at radius 3 is 2.21 bits per heavy atom. The summed E-state index contributed by atoms with van der Waals surface area (Å²) in [6, 6.07) is 14.0. The van der Waals surface area contributed by atoms with Crippen molar-refractivity contribution in [3.8, 4) is 11.5 Å². The van der Waals surface area contributed by atoms with Crippen LogP contribution in [-0.2, 0) is 10.2 Å². The molecule has 0 fully saturated rings. The number of hydrogen-bond acceptors (Lipinski definition) is 3. The minimum absolute atomic E-state index is 0.254. The summed E-state index contributed by atoms with van der Waals surface area (Å²) in [7, 11) is 3.24. The topological polar surface area (TPSA) is 35.5 Å². The van der Waals surface area contributed by atoms with E-state index in [9.17, 15) is 4.79 Å². The molecule has 1 atom stereocenters. The van der Waals surface area contributed by atoms with Crippen molar-refractivity contribution in [2.45, 2.75) is 25.2 Å². The zero-order chi connectivity index (χ0) is 17.3. The highest BCUT2D eigenvalue weighted by atomic mass is 16.5. The Hall–Kier alpha value is -2.55. The number of rotatable bonds is 4. The molecule has 0 radical (unpaired) electrons. The van der Waals surface area contributed by atoms with Gasteiger partial charge in [-0.2, -0.15) is 0 Å². The molecule has 2 aromatic carbocycles. The Morgan fingerprint density at radius 2 is 1.62 bits per heavy atom. The fraction of sp³-hybridized carbons (Fsp3) is 0.286. The van der Waals surface area contributed by atoms with Crippen molar-refractivity contribution in [2.24, 2.45) is 0 Å². The highest BCUT2D eigenvalue weighted by molar-refractivity contribution is 5.80. The minimum Gasteiger partial charge on any atom is -0.493 e. The first-order valence-electron chi connectivity index (χ1n) is 8.01. The van der Waals surface area contributed by atoms with Gasteiger partial charge < -0.3 is 14.3 Å². The van der Waals surface area contributed by atoms with Gasteiger partial charge in [-0.25, -0.2) is 0 Å². The summed E-state index contributed by atoms with van der Waals surface area (Å²) in [4.78, 5) is 11.9. The van der Waals surface area contributed by atoms with Gasteiger partial charge in [0, 0.05) is 5.41 Å². The van der Waals surface area contributed by atoms with E-state index < -0.39 is 0 Å². The van der Waals surface area contributed by atoms with E-state index in [1.807, 2.05) is 30.3 Å². The predicted octanol–water partition coefficient (Wildman–Crippen LogP) is 4.36. The van der Waals surface area contributed by atoms with Gasteiger partial charge in [-0.15, -0.1) is 0 Å². The van der Waals surface area contributed by atoms with Gasteiger partial charge in [0.25, 0.3) is 0 Å². The van der Waals surface area contributed by atoms with Gasteiger partial charge in [-0.05, 0) is 34.4 Å². The molecule has 0 aliphatic heterocycles. The van der Waals surface area contributed by atoms with Gasteiger partial charge >= 0.3 is 0 Å². The van der Waals surface area contributed by atoms with Crippen molar-refractivity contribution in [3.63, 3.8) is 0 Å². The van der Waals surface area contributed by atoms with Crippen LogP contribution in [0, 0.1) is 0 Å². The Labute approximate surface area is 142 Å². The van der Waals surface area contributed by atoms with Crippen LogP contribution in [0.25, 0.3) is 6.08 Å². The maximum Gasteiger partial charge on any atom is 0.161 e. The predicted molar refractivity (Wildman–Crippen MR) is 95.8 cm³/mol. The van der Waals surface area contributed by atoms with Gasteiger partial charge in [0.15, 0.2) is 11.5 Å². The van der Waals surface area contributed by atoms with Crippen LogP contribution in [0.1, 0.15) is 36.5 Å². The Bertz CT molecular complexity index is 788. The molecule has 0 N–H and O–H groups in total. The molecule has 1 aliphatic rings. The Kier molecular flexibility index (Phi) is 4.18. The number of aldehydes is 1. The van der Waals surface area contributed by atoms with Crippen LogP contribution in [0.2, 0.25) is 0 Å². The molecule has 3 heteroatoms. The monoisotopic (exact) mass is 322 g/mol. The van der Waals surface area contributed by atoms with E-state index in [-0.39, 0.29) is 11.3 Å². The first-order chi connectivity index (χ1) is 11.5. The summed E-state index contributed by atoms with van der Waals surface area (Å²) in [5, 5.41) is 0. The molecular formula is C21H22O3. The summed E-state index contributed by atoms with van der Waals surface area (Å²) < 4.78 is 10.9. The van der Waals surface area contributed by atoms with Crippen molar-refractivity contribution in [1.82, 2.24) is 0 Å². The summed E-state index contributed by atoms with van der Waals surface area (Å²) in [6.07, 6.45) is 3.15. The first kappa shape index (κ1) is 16.3. The Morgan fingerprint density at radius 1 is 1.00 bits per heavy atom. The number of carbonyl (C=O) groups is 1. The van der Waals surface area contributed by atoms with Crippen molar-refractivity contribution >= 4 is 12.4 Å². The fourth-order valence-corrected chi connectivity index (χ4v) is 3.55. The SMILES string of the molecule is COc1cc2c(cc1OC)C(C)(C)C(=Cc1ccccc1)C2C=O. The van der Waals surface area contributed by atoms with Crippen LogP contribution >= 0.6 is 0 Å². The van der Waals surface area contributed by atoms with Crippen molar-refractivity contribution in [3.05, 3.63) is 64.7 Å². The van der Waals surface area contributed by atoms with Crippen molar-refractivity contribution in [1.29, 1.82) is 0 Å². The number of allylic oxidation sites excluding steroid dienone is 1. The molecule has 0 aromatic heterocycles. The lowest BCUT2D eigenvalue weighted by atomic mass is 9.80. The molecule has 3 rings (SSSR count). The maximum absolute atomic E-state index is 11.9. The molecule has 2 aromatic rings. The lowest BCUT2D eigenvalue weighted by Gasteiger charge is -2.23. The van der Waals surface area contributed by atoms with Gasteiger partial charge in [0.05, 0.1) is 20.1 Å². The highest BCUT2D eigenvalue weighted by Crippen LogP contribution is 2.52. The third-order valence-corrected chi connectivity index (χ3v) is 4.88. The molecule has 0 heterocycles. The summed E-state index contributed by atoms with van der Waals surface area (Å²) in [6.45, 7) is 4.30. The first-order valence-corrected chi connectivity index (χ1v) is 8.01. The van der Waals surface area contributed by atoms with E-state index in [1.54, 1.807) is 14.2 Å². The summed E-state index contributed by atoms with van der Waals surface area (Å²) in [5.74, 6) is 1.07. The molecule has 0 saturated carbocycles. The average molecular weight is 322 g/mol. The number of benzene rings is 2. The van der Waals surface area contributed by atoms with Gasteiger partial charge in [-0.3, -0.25) is 0 Å². The largest absolute Gasteiger partial charge is 0.493 e. The van der Waals surface area contributed by atoms with Crippen LogP contribution in [0.4, 0.5) is 0 Å². The third kappa shape index (κ3) is 2.50. The number of methoxy groups -OCH3 is 2. The zero-order valence-corrected chi connectivity index (χ0v) is 14.5. The van der Waals surface area contributed by atoms with E-state index in [0.717, 1.165) is 28.5 Å². The fourth-order valence-electron chi connectivity index (χ4n) is 3.55. The quantitative estimate of drug-likeness (QED) is 0.785. The zero-order valence-electron chi connectivity index (χ0n) is 14.5. The van der Waals surface area contributed by atoms with Crippen LogP contribution in [-0.4, -0.2) is 20.5 Å². The van der Waals surface area contributed by atoms with Gasteiger partial charge in [0.1, 0.15) is 6.29 Å². The molecule has 3 nitrogen and oxygen atoms in total. The lowest BCUT2D eigenvalue weighted by Crippen LogP contribution is -2.17. The van der Waals surface area contributed by atoms with Crippen molar-refractivity contribution < 1.29 is 14.3 Å². The summed E-state index contributed by atoms with van der Waals surface area (Å²) in [5.41, 5.74) is 4.04. The second kappa shape index (κ2) is 6.16. The van der Waals surface area contributed by atoms with Gasteiger partial charge in [0.2, 0.25) is 0 Å². The van der Waals surface area contributed by atoms with Gasteiger partial charge in [-0.1, -0.05) is 50.3 Å². The molecule has 0 bridgehead atoms. The Balaban J connectivity index is 2.20. The smallest absolute Gasteiger partial charge is 0.161 e. The van der Waals surface area contributed by atoms with Crippen LogP contribution in [0.5, 0.6) is 11.5 Å². The average Bonchev–Trinajstić information content (AvgIpc) is 2.81. The molecule has 124 valence electrons. The second-order valence-corrected chi connectivity index (χ2v) is 6.54. The van der Waals surface area contributed by atoms with Crippen molar-refractivity contribution in [2.75, 3.05) is 14.2 Å². The third-order valence-electron chi connectivity index (χ3n) is 4.88. The van der Waals surface area contributed by atoms with E-state index in [2.05, 4.69) is 32.1 Å². The van der Waals surface area contributed by atoms with E-state index in [0.29, 0.717) is 11.5 Å². The normalized spacial score (nSPS) is 19.8. The summed E-state index contributed by atoms with van der Waals surface area (Å²) >= 11 is 0. The molecule has 24 heavy (non-hydrogen) atoms. The molecular weight excluding hydrogens is 300 g/mol. The second-order valence-electron chi connectivity index (χ2n) is 6.54. The maximum atomic E-state index is 11.9. The number of fused-ring (bicyclic) bond motifs is 1. The lowest BCUT2D eigenvalue weighted by molar-refractivity contribution is -0.108. The molecule has 1 unspecified atom stereocenters. The van der Waals surface area contributed by atoms with Crippen LogP contribution in [0.15, 0.2) is 48.0 Å². The standard InChI is InChI=1S/C21H22O3/c1-21(2)17(10-14-8-6-5-7-9-14)16(13-22)15-11-19(23-3)20(24-4)12-18(15)21/h5-13,16H,1-4H3. The molecule has 0 saturated heterocycles. The molecule has 0 spiro atoms. The number of carbonyl (C=O) groups excluding carboxylic acids is 1. The van der Waals surface area contributed by atoms with E-state index >= 15 is 0 Å². The van der Waals surface area contributed by atoms with E-state index in [4.69, 9.17) is 9.47 Å². The number of ether oxygens (including phenoxy) is 2. The molecule has 0 amide bonds. The molecule has 1 aliphatic carbocycles. The van der Waals surface area contributed by atoms with Crippen LogP contribution in [0.3, 0.4) is 0 Å². The highest BCUT2D eigenvalue weighted by Gasteiger charge is 2.42. The minimum atomic E-state index is -0.269. The number of hydrogen-bond donors (Lipinski definition) is 0. The van der Waals surface area contributed by atoms with E-state index in [1.165, 1.54) is 0 Å². The van der Waals surface area contributed by atoms with Crippen LogP contribution < -0.4 is 9.47 Å².